The van der Waals surface area contributed by atoms with Crippen LogP contribution >= 0.6 is 0 Å². The van der Waals surface area contributed by atoms with Gasteiger partial charge in [0.2, 0.25) is 11.8 Å². The Bertz CT molecular complexity index is 1020. The van der Waals surface area contributed by atoms with E-state index in [4.69, 9.17) is 4.55 Å². The largest absolute Gasteiger partial charge is 0.393 e. The minimum Gasteiger partial charge on any atom is -0.393 e. The summed E-state index contributed by atoms with van der Waals surface area (Å²) < 4.78 is 30.2. The predicted molar refractivity (Wildman–Crippen MR) is 145 cm³/mol. The van der Waals surface area contributed by atoms with Crippen LogP contribution in [-0.4, -0.2) is 77.3 Å². The van der Waals surface area contributed by atoms with Crippen LogP contribution in [0, 0.1) is 46.3 Å². The molecule has 0 aliphatic heterocycles. The van der Waals surface area contributed by atoms with E-state index in [1.807, 2.05) is 0 Å². The molecule has 4 aliphatic rings. The summed E-state index contributed by atoms with van der Waals surface area (Å²) in [5.74, 6) is -0.0801. The maximum atomic E-state index is 12.4. The van der Waals surface area contributed by atoms with Gasteiger partial charge in [0.05, 0.1) is 30.6 Å². The summed E-state index contributed by atoms with van der Waals surface area (Å²) in [5, 5.41) is 38.3. The van der Waals surface area contributed by atoms with Gasteiger partial charge in [0.25, 0.3) is 10.1 Å². The molecule has 2 amide bonds. The summed E-state index contributed by atoms with van der Waals surface area (Å²) in [5.41, 5.74) is -0.297. The van der Waals surface area contributed by atoms with Crippen LogP contribution in [-0.2, 0) is 19.7 Å². The zero-order chi connectivity index (χ0) is 28.8. The van der Waals surface area contributed by atoms with E-state index in [0.29, 0.717) is 12.8 Å². The quantitative estimate of drug-likeness (QED) is 0.225. The van der Waals surface area contributed by atoms with Crippen LogP contribution in [0.4, 0.5) is 0 Å². The van der Waals surface area contributed by atoms with Gasteiger partial charge >= 0.3 is 0 Å². The summed E-state index contributed by atoms with van der Waals surface area (Å²) in [7, 11) is -4.16. The van der Waals surface area contributed by atoms with E-state index in [1.54, 1.807) is 0 Å². The number of aliphatic hydroxyl groups excluding tert-OH is 3. The summed E-state index contributed by atoms with van der Waals surface area (Å²) in [6.45, 7) is 6.15. The fraction of sp³-hybridized carbons (Fsp3) is 0.929. The predicted octanol–water partition coefficient (Wildman–Crippen LogP) is 1.48. The lowest BCUT2D eigenvalue weighted by molar-refractivity contribution is -0.207. The van der Waals surface area contributed by atoms with Crippen molar-refractivity contribution in [2.24, 2.45) is 46.3 Å². The topological polar surface area (TPSA) is 173 Å². The fourth-order valence-corrected chi connectivity index (χ4v) is 9.70. The molecule has 0 aromatic rings. The molecule has 0 bridgehead atoms. The number of carbonyl (C=O) groups excluding carboxylic acids is 2. The second-order valence-corrected chi connectivity index (χ2v) is 15.0. The molecule has 4 rings (SSSR count). The third kappa shape index (κ3) is 6.17. The summed E-state index contributed by atoms with van der Waals surface area (Å²) in [4.78, 5) is 24.2. The Morgan fingerprint density at radius 2 is 1.69 bits per heavy atom. The van der Waals surface area contributed by atoms with E-state index < -0.39 is 34.0 Å². The maximum Gasteiger partial charge on any atom is 0.266 e. The van der Waals surface area contributed by atoms with Gasteiger partial charge in [-0.2, -0.15) is 8.42 Å². The van der Waals surface area contributed by atoms with Crippen molar-refractivity contribution in [1.82, 2.24) is 10.6 Å². The maximum absolute atomic E-state index is 12.4. The Balaban J connectivity index is 1.33. The lowest BCUT2D eigenvalue weighted by Crippen LogP contribution is -2.62. The highest BCUT2D eigenvalue weighted by Crippen LogP contribution is 2.68. The van der Waals surface area contributed by atoms with Crippen LogP contribution in [0.3, 0.4) is 0 Å². The Morgan fingerprint density at radius 3 is 2.38 bits per heavy atom. The highest BCUT2D eigenvalue weighted by Gasteiger charge is 2.65. The van der Waals surface area contributed by atoms with Gasteiger partial charge in [0.15, 0.2) is 0 Å². The molecule has 224 valence electrons. The van der Waals surface area contributed by atoms with Crippen LogP contribution < -0.4 is 10.6 Å². The molecule has 4 fully saturated rings. The van der Waals surface area contributed by atoms with Gasteiger partial charge in [-0.15, -0.1) is 0 Å². The first-order valence-electron chi connectivity index (χ1n) is 14.7. The lowest BCUT2D eigenvalue weighted by Gasteiger charge is -2.63. The molecule has 4 unspecified atom stereocenters. The molecule has 0 spiro atoms. The lowest BCUT2D eigenvalue weighted by atomic mass is 9.43. The van der Waals surface area contributed by atoms with E-state index in [0.717, 1.165) is 38.5 Å². The van der Waals surface area contributed by atoms with Gasteiger partial charge in [-0.1, -0.05) is 20.8 Å². The van der Waals surface area contributed by atoms with Gasteiger partial charge in [0.1, 0.15) is 0 Å². The van der Waals surface area contributed by atoms with Gasteiger partial charge in [-0.05, 0) is 97.7 Å². The minimum atomic E-state index is -4.16. The third-order valence-corrected chi connectivity index (χ3v) is 12.2. The molecular formula is C28H48N2O8S. The van der Waals surface area contributed by atoms with E-state index >= 15 is 0 Å². The summed E-state index contributed by atoms with van der Waals surface area (Å²) >= 11 is 0. The van der Waals surface area contributed by atoms with Gasteiger partial charge in [-0.25, -0.2) is 0 Å². The highest BCUT2D eigenvalue weighted by molar-refractivity contribution is 7.85. The number of carbonyl (C=O) groups is 2. The molecule has 39 heavy (non-hydrogen) atoms. The molecule has 0 aromatic carbocycles. The SMILES string of the molecule is C[C@@H](CCC(=O)NCC(=O)NCCS(=O)(=O)O)[C@@H]1CCC2C3C(O)C[C@H]4C[C@@H](O)CC[C@@]4(C)C3C[C@@H](O)[C@]21C. The van der Waals surface area contributed by atoms with Gasteiger partial charge < -0.3 is 26.0 Å². The first-order chi connectivity index (χ1) is 18.2. The second kappa shape index (κ2) is 11.5. The molecule has 10 nitrogen and oxygen atoms in total. The van der Waals surface area contributed by atoms with Crippen molar-refractivity contribution < 1.29 is 37.9 Å². The molecule has 0 heterocycles. The Labute approximate surface area is 232 Å². The molecule has 4 aliphatic carbocycles. The smallest absolute Gasteiger partial charge is 0.266 e. The summed E-state index contributed by atoms with van der Waals surface area (Å²) in [6, 6.07) is 0. The molecular weight excluding hydrogens is 524 g/mol. The van der Waals surface area contributed by atoms with Crippen molar-refractivity contribution in [3.63, 3.8) is 0 Å². The number of amides is 2. The number of hydrogen-bond donors (Lipinski definition) is 6. The highest BCUT2D eigenvalue weighted by atomic mass is 32.2. The van der Waals surface area contributed by atoms with E-state index in [1.165, 1.54) is 0 Å². The minimum absolute atomic E-state index is 0.0336. The molecule has 11 heteroatoms. The Hall–Kier alpha value is -1.27. The van der Waals surface area contributed by atoms with Crippen molar-refractivity contribution in [2.45, 2.75) is 96.9 Å². The third-order valence-electron chi connectivity index (χ3n) is 11.5. The average Bonchev–Trinajstić information content (AvgIpc) is 3.20. The van der Waals surface area contributed by atoms with Crippen molar-refractivity contribution in [2.75, 3.05) is 18.8 Å². The van der Waals surface area contributed by atoms with Crippen LogP contribution in [0.2, 0.25) is 0 Å². The molecule has 11 atom stereocenters. The number of aliphatic hydroxyl groups is 3. The van der Waals surface area contributed by atoms with Crippen LogP contribution in [0.5, 0.6) is 0 Å². The number of hydrogen-bond acceptors (Lipinski definition) is 7. The number of nitrogens with one attached hydrogen (secondary N) is 2. The first-order valence-corrected chi connectivity index (χ1v) is 16.3. The molecule has 0 saturated heterocycles. The molecule has 0 aromatic heterocycles. The first kappa shape index (κ1) is 30.7. The van der Waals surface area contributed by atoms with Gasteiger partial charge in [0, 0.05) is 13.0 Å². The van der Waals surface area contributed by atoms with E-state index in [9.17, 15) is 33.3 Å². The van der Waals surface area contributed by atoms with Crippen molar-refractivity contribution >= 4 is 21.9 Å². The number of fused-ring (bicyclic) bond motifs is 5. The van der Waals surface area contributed by atoms with Crippen LogP contribution in [0.25, 0.3) is 0 Å². The normalized spacial score (nSPS) is 42.5. The molecule has 6 N–H and O–H groups in total. The number of rotatable bonds is 9. The van der Waals surface area contributed by atoms with Crippen molar-refractivity contribution in [3.05, 3.63) is 0 Å². The zero-order valence-corrected chi connectivity index (χ0v) is 24.3. The Morgan fingerprint density at radius 1 is 0.974 bits per heavy atom. The van der Waals surface area contributed by atoms with Gasteiger partial charge in [-0.3, -0.25) is 14.1 Å². The average molecular weight is 573 g/mol. The van der Waals surface area contributed by atoms with E-state index in [-0.39, 0.29) is 77.9 Å². The molecule has 4 saturated carbocycles. The monoisotopic (exact) mass is 572 g/mol. The van der Waals surface area contributed by atoms with Crippen LogP contribution in [0.1, 0.15) is 78.6 Å². The van der Waals surface area contributed by atoms with Crippen molar-refractivity contribution in [3.8, 4) is 0 Å². The van der Waals surface area contributed by atoms with Crippen LogP contribution in [0.15, 0.2) is 0 Å². The molecule has 0 radical (unpaired) electrons. The Kier molecular flexibility index (Phi) is 9.08. The fourth-order valence-electron chi connectivity index (χ4n) is 9.34. The second-order valence-electron chi connectivity index (χ2n) is 13.5. The zero-order valence-electron chi connectivity index (χ0n) is 23.5. The van der Waals surface area contributed by atoms with Crippen molar-refractivity contribution in [1.29, 1.82) is 0 Å². The van der Waals surface area contributed by atoms with E-state index in [2.05, 4.69) is 31.4 Å². The standard InChI is InChI=1S/C28H48N2O8S/c1-16(4-7-24(34)30-15-25(35)29-10-11-39(36,37)38)19-5-6-20-26-21(14-23(33)28(19,20)3)27(2)9-8-18(31)12-17(27)13-22(26)32/h16-23,26,31-33H,4-15H2,1-3H3,(H,29,35)(H,30,34)(H,36,37,38)/t16-,17+,18-,19-,20?,21?,22?,23+,26?,27+,28-/m0/s1. The summed E-state index contributed by atoms with van der Waals surface area (Å²) in [6.07, 6.45) is 5.44.